The molecule has 0 spiro atoms. The number of carboxylic acid groups (broad SMARTS) is 1. The van der Waals surface area contributed by atoms with Gasteiger partial charge in [0, 0.05) is 47.3 Å². The summed E-state index contributed by atoms with van der Waals surface area (Å²) < 4.78 is 33.5. The standard InChI is InChI=1S/C23H18N8O.C2HF3O2/c24-7-6-23(12-30(13-23)22(32)19-9-15-3-1-2-4-18(15)29-19)31-11-16(10-28-31)20-17-5-8-25-21(17)27-14-26-20;3-2(4,5)1(6)7/h1-5,8-11,14,29H,6,12-13H2,(H,25,26,27);(H,6,7). The fourth-order valence-electron chi connectivity index (χ4n) is 4.46. The van der Waals surface area contributed by atoms with Crippen molar-refractivity contribution in [2.75, 3.05) is 13.1 Å². The number of amides is 1. The van der Waals surface area contributed by atoms with Crippen molar-refractivity contribution in [2.45, 2.75) is 18.1 Å². The predicted octanol–water partition coefficient (Wildman–Crippen LogP) is 3.70. The number of carboxylic acids is 1. The van der Waals surface area contributed by atoms with Gasteiger partial charge < -0.3 is 20.0 Å². The second kappa shape index (κ2) is 9.60. The maximum atomic E-state index is 13.0. The van der Waals surface area contributed by atoms with Gasteiger partial charge in [0.25, 0.3) is 5.91 Å². The Morgan fingerprint density at radius 1 is 1.18 bits per heavy atom. The minimum atomic E-state index is -5.08. The molecule has 0 bridgehead atoms. The Kier molecular flexibility index (Phi) is 6.27. The Labute approximate surface area is 217 Å². The minimum absolute atomic E-state index is 0.0769. The molecule has 1 fully saturated rings. The van der Waals surface area contributed by atoms with Gasteiger partial charge in [0.05, 0.1) is 24.4 Å². The van der Waals surface area contributed by atoms with Gasteiger partial charge in [-0.1, -0.05) is 18.2 Å². The molecule has 11 nitrogen and oxygen atoms in total. The summed E-state index contributed by atoms with van der Waals surface area (Å²) in [7, 11) is 0. The summed E-state index contributed by atoms with van der Waals surface area (Å²) in [5.74, 6) is -2.83. The van der Waals surface area contributed by atoms with E-state index in [9.17, 15) is 23.2 Å². The van der Waals surface area contributed by atoms with Crippen molar-refractivity contribution in [1.82, 2.24) is 34.6 Å². The minimum Gasteiger partial charge on any atom is -0.475 e. The molecule has 1 saturated heterocycles. The van der Waals surface area contributed by atoms with Crippen LogP contribution in [0.25, 0.3) is 33.2 Å². The first kappa shape index (κ1) is 25.5. The molecule has 1 aliphatic heterocycles. The maximum absolute atomic E-state index is 13.0. The first-order valence-electron chi connectivity index (χ1n) is 11.5. The highest BCUT2D eigenvalue weighted by Crippen LogP contribution is 2.35. The fourth-order valence-corrected chi connectivity index (χ4v) is 4.46. The summed E-state index contributed by atoms with van der Waals surface area (Å²) >= 11 is 0. The van der Waals surface area contributed by atoms with Crippen LogP contribution in [0.4, 0.5) is 13.2 Å². The van der Waals surface area contributed by atoms with Crippen molar-refractivity contribution in [3.8, 4) is 17.3 Å². The Hall–Kier alpha value is -5.19. The molecule has 39 heavy (non-hydrogen) atoms. The molecule has 0 radical (unpaired) electrons. The van der Waals surface area contributed by atoms with Gasteiger partial charge in [-0.05, 0) is 18.2 Å². The van der Waals surface area contributed by atoms with Crippen LogP contribution in [0.2, 0.25) is 0 Å². The lowest BCUT2D eigenvalue weighted by molar-refractivity contribution is -0.192. The van der Waals surface area contributed by atoms with Crippen molar-refractivity contribution >= 4 is 33.8 Å². The maximum Gasteiger partial charge on any atom is 0.490 e. The number of aliphatic carboxylic acids is 1. The third-order valence-electron chi connectivity index (χ3n) is 6.36. The van der Waals surface area contributed by atoms with Gasteiger partial charge in [0.1, 0.15) is 23.2 Å². The number of carbonyl (C=O) groups is 2. The SMILES string of the molecule is N#CCC1(n2cc(-c3ncnc4[nH]ccc34)cn2)CN(C(=O)c2cc3ccccc3[nH]2)C1.O=C(O)C(F)(F)F. The normalized spacial score (nSPS) is 14.4. The second-order valence-electron chi connectivity index (χ2n) is 8.93. The number of carbonyl (C=O) groups excluding carboxylic acids is 1. The molecule has 1 amide bonds. The zero-order valence-electron chi connectivity index (χ0n) is 20.0. The van der Waals surface area contributed by atoms with Crippen molar-refractivity contribution in [3.63, 3.8) is 0 Å². The number of para-hydroxylation sites is 1. The molecule has 6 rings (SSSR count). The summed E-state index contributed by atoms with van der Waals surface area (Å²) in [6, 6.07) is 13.9. The average Bonchev–Trinajstić information content (AvgIpc) is 3.64. The third-order valence-corrected chi connectivity index (χ3v) is 6.36. The molecule has 0 aliphatic carbocycles. The Morgan fingerprint density at radius 3 is 2.62 bits per heavy atom. The second-order valence-corrected chi connectivity index (χ2v) is 8.93. The quantitative estimate of drug-likeness (QED) is 0.316. The number of halogens is 3. The molecule has 5 heterocycles. The van der Waals surface area contributed by atoms with E-state index in [-0.39, 0.29) is 12.3 Å². The van der Waals surface area contributed by atoms with Crippen LogP contribution in [-0.2, 0) is 10.3 Å². The summed E-state index contributed by atoms with van der Waals surface area (Å²) in [4.78, 5) is 38.6. The van der Waals surface area contributed by atoms with Crippen LogP contribution < -0.4 is 0 Å². The van der Waals surface area contributed by atoms with Crippen LogP contribution in [0, 0.1) is 11.3 Å². The molecule has 5 aromatic rings. The number of aromatic nitrogens is 6. The van der Waals surface area contributed by atoms with Gasteiger partial charge in [0.15, 0.2) is 0 Å². The molecule has 198 valence electrons. The summed E-state index contributed by atoms with van der Waals surface area (Å²) in [5.41, 5.74) is 3.30. The van der Waals surface area contributed by atoms with E-state index in [2.05, 4.69) is 31.1 Å². The number of nitrogens with zero attached hydrogens (tertiary/aromatic N) is 6. The lowest BCUT2D eigenvalue weighted by Crippen LogP contribution is -2.64. The van der Waals surface area contributed by atoms with E-state index in [1.165, 1.54) is 6.33 Å². The van der Waals surface area contributed by atoms with Crippen LogP contribution >= 0.6 is 0 Å². The van der Waals surface area contributed by atoms with Gasteiger partial charge in [-0.2, -0.15) is 23.5 Å². The number of hydrogen-bond acceptors (Lipinski definition) is 6. The number of aromatic amines is 2. The molecular weight excluding hydrogens is 517 g/mol. The summed E-state index contributed by atoms with van der Waals surface area (Å²) in [6.45, 7) is 0.832. The largest absolute Gasteiger partial charge is 0.490 e. The predicted molar refractivity (Wildman–Crippen MR) is 131 cm³/mol. The number of likely N-dealkylation sites (tertiary alicyclic amines) is 1. The number of benzene rings is 1. The number of rotatable bonds is 4. The van der Waals surface area contributed by atoms with Crippen molar-refractivity contribution in [2.24, 2.45) is 0 Å². The van der Waals surface area contributed by atoms with Gasteiger partial charge in [-0.25, -0.2) is 14.8 Å². The summed E-state index contributed by atoms with van der Waals surface area (Å²) in [5, 5.41) is 23.1. The van der Waals surface area contributed by atoms with Crippen molar-refractivity contribution in [1.29, 1.82) is 5.26 Å². The van der Waals surface area contributed by atoms with Crippen LogP contribution in [-0.4, -0.2) is 70.9 Å². The smallest absolute Gasteiger partial charge is 0.475 e. The van der Waals surface area contributed by atoms with E-state index < -0.39 is 17.7 Å². The molecular formula is C25H19F3N8O3. The van der Waals surface area contributed by atoms with Gasteiger partial charge in [-0.15, -0.1) is 0 Å². The van der Waals surface area contributed by atoms with Crippen molar-refractivity contribution in [3.05, 3.63) is 67.0 Å². The molecule has 14 heteroatoms. The highest BCUT2D eigenvalue weighted by Gasteiger charge is 2.48. The molecule has 1 aliphatic rings. The van der Waals surface area contributed by atoms with Crippen LogP contribution in [0.15, 0.2) is 61.3 Å². The number of alkyl halides is 3. The monoisotopic (exact) mass is 536 g/mol. The highest BCUT2D eigenvalue weighted by atomic mass is 19.4. The highest BCUT2D eigenvalue weighted by molar-refractivity contribution is 5.98. The van der Waals surface area contributed by atoms with Crippen LogP contribution in [0.1, 0.15) is 16.9 Å². The zero-order chi connectivity index (χ0) is 27.8. The van der Waals surface area contributed by atoms with E-state index in [1.807, 2.05) is 48.8 Å². The Morgan fingerprint density at radius 2 is 1.92 bits per heavy atom. The van der Waals surface area contributed by atoms with Gasteiger partial charge in [0.2, 0.25) is 0 Å². The number of nitriles is 1. The van der Waals surface area contributed by atoms with Gasteiger partial charge >= 0.3 is 12.1 Å². The van der Waals surface area contributed by atoms with Crippen LogP contribution in [0.3, 0.4) is 0 Å². The fraction of sp³-hybridized carbons (Fsp3) is 0.200. The first-order chi connectivity index (χ1) is 18.6. The lowest BCUT2D eigenvalue weighted by Gasteiger charge is -2.48. The Balaban J connectivity index is 0.000000392. The lowest BCUT2D eigenvalue weighted by atomic mass is 9.86. The first-order valence-corrected chi connectivity index (χ1v) is 11.5. The van der Waals surface area contributed by atoms with Crippen molar-refractivity contribution < 1.29 is 27.9 Å². The Bertz CT molecular complexity index is 1690. The molecule has 3 N–H and O–H groups in total. The van der Waals surface area contributed by atoms with E-state index in [1.54, 1.807) is 15.8 Å². The summed E-state index contributed by atoms with van der Waals surface area (Å²) in [6.07, 6.45) is 2.16. The van der Waals surface area contributed by atoms with Crippen LogP contribution in [0.5, 0.6) is 0 Å². The molecule has 0 atom stereocenters. The van der Waals surface area contributed by atoms with E-state index >= 15 is 0 Å². The molecule has 4 aromatic heterocycles. The average molecular weight is 536 g/mol. The molecule has 0 saturated carbocycles. The van der Waals surface area contributed by atoms with E-state index in [4.69, 9.17) is 9.90 Å². The van der Waals surface area contributed by atoms with E-state index in [0.717, 1.165) is 33.2 Å². The number of H-pyrrole nitrogens is 2. The number of nitrogens with one attached hydrogen (secondary N) is 2. The molecule has 0 unspecified atom stereocenters. The topological polar surface area (TPSA) is 157 Å². The third kappa shape index (κ3) is 4.77. The van der Waals surface area contributed by atoms with Gasteiger partial charge in [-0.3, -0.25) is 9.48 Å². The van der Waals surface area contributed by atoms with E-state index in [0.29, 0.717) is 18.8 Å². The number of hydrogen-bond donors (Lipinski definition) is 3. The number of fused-ring (bicyclic) bond motifs is 2. The molecule has 1 aromatic carbocycles. The zero-order valence-corrected chi connectivity index (χ0v) is 20.0.